The number of amides is 1. The topological polar surface area (TPSA) is 63.3 Å². The van der Waals surface area contributed by atoms with Gasteiger partial charge in [-0.05, 0) is 29.8 Å². The minimum absolute atomic E-state index is 0.00961. The fourth-order valence-corrected chi connectivity index (χ4v) is 3.24. The molecule has 0 saturated carbocycles. The standard InChI is InChI=1S/C19H20N4O2/c1-22(2)14-7-5-13(6-8-14)16-10-18(24)21-19-17(16)11-20-23(19)12-15-4-3-9-25-15/h3-9,11,16H,10,12H2,1-2H3,(H,21,24)/t16-/m0/s1. The molecule has 0 saturated heterocycles. The molecule has 1 aliphatic rings. The van der Waals surface area contributed by atoms with Crippen LogP contribution in [0.5, 0.6) is 0 Å². The molecule has 0 aliphatic carbocycles. The van der Waals surface area contributed by atoms with E-state index in [2.05, 4.69) is 39.6 Å². The molecule has 0 spiro atoms. The van der Waals surface area contributed by atoms with E-state index in [0.717, 1.165) is 28.4 Å². The second kappa shape index (κ2) is 6.12. The molecule has 1 aromatic carbocycles. The van der Waals surface area contributed by atoms with Crippen LogP contribution in [-0.4, -0.2) is 29.8 Å². The molecule has 2 aromatic heterocycles. The van der Waals surface area contributed by atoms with Gasteiger partial charge in [-0.15, -0.1) is 0 Å². The van der Waals surface area contributed by atoms with Gasteiger partial charge >= 0.3 is 0 Å². The molecular weight excluding hydrogens is 316 g/mol. The molecule has 4 rings (SSSR count). The number of benzene rings is 1. The van der Waals surface area contributed by atoms with Gasteiger partial charge < -0.3 is 14.6 Å². The molecule has 3 heterocycles. The van der Waals surface area contributed by atoms with Crippen molar-refractivity contribution in [2.45, 2.75) is 18.9 Å². The van der Waals surface area contributed by atoms with Crippen LogP contribution in [0.15, 0.2) is 53.3 Å². The van der Waals surface area contributed by atoms with E-state index in [9.17, 15) is 4.79 Å². The second-order valence-electron chi connectivity index (χ2n) is 6.48. The Morgan fingerprint density at radius 3 is 2.76 bits per heavy atom. The van der Waals surface area contributed by atoms with Gasteiger partial charge in [-0.3, -0.25) is 4.79 Å². The highest BCUT2D eigenvalue weighted by Gasteiger charge is 2.30. The summed E-state index contributed by atoms with van der Waals surface area (Å²) in [5.74, 6) is 1.59. The largest absolute Gasteiger partial charge is 0.467 e. The fourth-order valence-electron chi connectivity index (χ4n) is 3.24. The highest BCUT2D eigenvalue weighted by molar-refractivity contribution is 5.94. The molecule has 3 aromatic rings. The quantitative estimate of drug-likeness (QED) is 0.795. The number of nitrogens with one attached hydrogen (secondary N) is 1. The number of rotatable bonds is 4. The lowest BCUT2D eigenvalue weighted by Gasteiger charge is -2.24. The highest BCUT2D eigenvalue weighted by Crippen LogP contribution is 2.37. The maximum Gasteiger partial charge on any atom is 0.226 e. The average Bonchev–Trinajstić information content (AvgIpc) is 3.25. The van der Waals surface area contributed by atoms with Crippen LogP contribution >= 0.6 is 0 Å². The van der Waals surface area contributed by atoms with Crippen LogP contribution in [0.3, 0.4) is 0 Å². The number of furan rings is 1. The van der Waals surface area contributed by atoms with Crippen LogP contribution in [0.25, 0.3) is 0 Å². The van der Waals surface area contributed by atoms with Crippen molar-refractivity contribution >= 4 is 17.4 Å². The molecule has 0 unspecified atom stereocenters. The lowest BCUT2D eigenvalue weighted by Crippen LogP contribution is -2.25. The molecule has 6 nitrogen and oxygen atoms in total. The van der Waals surface area contributed by atoms with Gasteiger partial charge in [0.05, 0.1) is 12.5 Å². The van der Waals surface area contributed by atoms with E-state index in [1.807, 2.05) is 32.4 Å². The van der Waals surface area contributed by atoms with E-state index < -0.39 is 0 Å². The smallest absolute Gasteiger partial charge is 0.226 e. The molecule has 0 fully saturated rings. The summed E-state index contributed by atoms with van der Waals surface area (Å²) >= 11 is 0. The molecule has 1 atom stereocenters. The van der Waals surface area contributed by atoms with E-state index >= 15 is 0 Å². The maximum absolute atomic E-state index is 12.3. The number of anilines is 2. The Labute approximate surface area is 146 Å². The number of hydrogen-bond acceptors (Lipinski definition) is 4. The predicted molar refractivity (Wildman–Crippen MR) is 95.9 cm³/mol. The van der Waals surface area contributed by atoms with Gasteiger partial charge in [-0.25, -0.2) is 4.68 Å². The van der Waals surface area contributed by atoms with Crippen LogP contribution in [0, 0.1) is 0 Å². The molecule has 1 amide bonds. The zero-order valence-electron chi connectivity index (χ0n) is 14.3. The Balaban J connectivity index is 1.68. The fraction of sp³-hybridized carbons (Fsp3) is 0.263. The molecule has 0 radical (unpaired) electrons. The third-order valence-corrected chi connectivity index (χ3v) is 4.59. The maximum atomic E-state index is 12.3. The van der Waals surface area contributed by atoms with Crippen molar-refractivity contribution in [3.05, 3.63) is 65.7 Å². The zero-order chi connectivity index (χ0) is 17.4. The Kier molecular flexibility index (Phi) is 3.80. The average molecular weight is 336 g/mol. The molecule has 0 bridgehead atoms. The molecule has 1 aliphatic heterocycles. The van der Waals surface area contributed by atoms with Crippen LogP contribution < -0.4 is 10.2 Å². The van der Waals surface area contributed by atoms with Crippen LogP contribution in [0.4, 0.5) is 11.5 Å². The van der Waals surface area contributed by atoms with Gasteiger partial charge in [0.15, 0.2) is 0 Å². The van der Waals surface area contributed by atoms with Gasteiger partial charge in [0.1, 0.15) is 18.1 Å². The first-order valence-electron chi connectivity index (χ1n) is 8.27. The first-order valence-corrected chi connectivity index (χ1v) is 8.27. The predicted octanol–water partition coefficient (Wildman–Crippen LogP) is 3.06. The van der Waals surface area contributed by atoms with Gasteiger partial charge in [0.2, 0.25) is 5.91 Å². The summed E-state index contributed by atoms with van der Waals surface area (Å²) in [5, 5.41) is 7.42. The summed E-state index contributed by atoms with van der Waals surface area (Å²) in [6.07, 6.45) is 3.92. The first-order chi connectivity index (χ1) is 12.1. The Hall–Kier alpha value is -3.02. The van der Waals surface area contributed by atoms with Crippen molar-refractivity contribution in [3.8, 4) is 0 Å². The van der Waals surface area contributed by atoms with Crippen molar-refractivity contribution in [1.29, 1.82) is 0 Å². The van der Waals surface area contributed by atoms with E-state index in [1.54, 1.807) is 10.9 Å². The van der Waals surface area contributed by atoms with E-state index in [1.165, 1.54) is 0 Å². The summed E-state index contributed by atoms with van der Waals surface area (Å²) in [7, 11) is 4.03. The minimum Gasteiger partial charge on any atom is -0.467 e. The molecular formula is C19H20N4O2. The van der Waals surface area contributed by atoms with Crippen molar-refractivity contribution in [2.75, 3.05) is 24.3 Å². The van der Waals surface area contributed by atoms with Crippen molar-refractivity contribution < 1.29 is 9.21 Å². The monoisotopic (exact) mass is 336 g/mol. The number of nitrogens with zero attached hydrogens (tertiary/aromatic N) is 3. The number of fused-ring (bicyclic) bond motifs is 1. The highest BCUT2D eigenvalue weighted by atomic mass is 16.3. The Bertz CT molecular complexity index is 879. The summed E-state index contributed by atoms with van der Waals surface area (Å²) in [4.78, 5) is 14.3. The van der Waals surface area contributed by atoms with E-state index in [-0.39, 0.29) is 11.8 Å². The summed E-state index contributed by atoms with van der Waals surface area (Å²) in [6, 6.07) is 12.1. The van der Waals surface area contributed by atoms with Gasteiger partial charge in [0, 0.05) is 37.7 Å². The number of aromatic nitrogens is 2. The normalized spacial score (nSPS) is 16.4. The number of carbonyl (C=O) groups excluding carboxylic acids is 1. The van der Waals surface area contributed by atoms with Crippen molar-refractivity contribution in [3.63, 3.8) is 0 Å². The third kappa shape index (κ3) is 2.91. The van der Waals surface area contributed by atoms with Gasteiger partial charge in [-0.1, -0.05) is 12.1 Å². The molecule has 1 N–H and O–H groups in total. The van der Waals surface area contributed by atoms with Crippen molar-refractivity contribution in [2.24, 2.45) is 0 Å². The van der Waals surface area contributed by atoms with E-state index in [4.69, 9.17) is 4.42 Å². The third-order valence-electron chi connectivity index (χ3n) is 4.59. The molecule has 6 heteroatoms. The second-order valence-corrected chi connectivity index (χ2v) is 6.48. The molecule has 128 valence electrons. The molecule has 25 heavy (non-hydrogen) atoms. The van der Waals surface area contributed by atoms with Crippen LogP contribution in [-0.2, 0) is 11.3 Å². The SMILES string of the molecule is CN(C)c1ccc([C@@H]2CC(=O)Nc3c2cnn3Cc2ccco2)cc1. The first kappa shape index (κ1) is 15.5. The summed E-state index contributed by atoms with van der Waals surface area (Å²) < 4.78 is 7.18. The lowest BCUT2D eigenvalue weighted by atomic mass is 9.87. The Morgan fingerprint density at radius 1 is 1.28 bits per heavy atom. The van der Waals surface area contributed by atoms with Gasteiger partial charge in [-0.2, -0.15) is 5.10 Å². The number of hydrogen-bond donors (Lipinski definition) is 1. The summed E-state index contributed by atoms with van der Waals surface area (Å²) in [5.41, 5.74) is 3.31. The minimum atomic E-state index is 0.00961. The van der Waals surface area contributed by atoms with Crippen LogP contribution in [0.1, 0.15) is 29.2 Å². The van der Waals surface area contributed by atoms with Crippen molar-refractivity contribution in [1.82, 2.24) is 9.78 Å². The van der Waals surface area contributed by atoms with Crippen LogP contribution in [0.2, 0.25) is 0 Å². The summed E-state index contributed by atoms with van der Waals surface area (Å²) in [6.45, 7) is 0.495. The van der Waals surface area contributed by atoms with E-state index in [0.29, 0.717) is 13.0 Å². The number of carbonyl (C=O) groups is 1. The Morgan fingerprint density at radius 2 is 2.08 bits per heavy atom. The zero-order valence-corrected chi connectivity index (χ0v) is 14.3. The van der Waals surface area contributed by atoms with Gasteiger partial charge in [0.25, 0.3) is 0 Å². The lowest BCUT2D eigenvalue weighted by molar-refractivity contribution is -0.116.